The summed E-state index contributed by atoms with van der Waals surface area (Å²) in [7, 11) is 0. The number of nitrogens with one attached hydrogen (secondary N) is 1. The molecular weight excluding hydrogens is 279 g/mol. The molecule has 1 amide bonds. The zero-order valence-corrected chi connectivity index (χ0v) is 11.6. The van der Waals surface area contributed by atoms with Gasteiger partial charge in [-0.05, 0) is 31.2 Å². The number of thioether (sulfide) groups is 1. The Morgan fingerprint density at radius 1 is 1.45 bits per heavy atom. The molecule has 20 heavy (non-hydrogen) atoms. The van der Waals surface area contributed by atoms with Gasteiger partial charge in [0.1, 0.15) is 5.82 Å². The number of benzene rings is 1. The van der Waals surface area contributed by atoms with E-state index in [1.54, 1.807) is 12.3 Å². The van der Waals surface area contributed by atoms with Crippen LogP contribution in [0.2, 0.25) is 0 Å². The van der Waals surface area contributed by atoms with Gasteiger partial charge in [0.05, 0.1) is 17.1 Å². The quantitative estimate of drug-likeness (QED) is 0.513. The molecule has 1 aromatic carbocycles. The number of aryl methyl sites for hydroxylation is 1. The second kappa shape index (κ2) is 6.33. The number of carbonyl (C=O) groups excluding carboxylic acids is 1. The molecular formula is C13H13FN4OS. The second-order valence-electron chi connectivity index (χ2n) is 4.05. The molecule has 5 nitrogen and oxygen atoms in total. The minimum Gasteiger partial charge on any atom is -0.397 e. The van der Waals surface area contributed by atoms with Crippen LogP contribution in [0.25, 0.3) is 0 Å². The van der Waals surface area contributed by atoms with Crippen LogP contribution in [0.3, 0.4) is 0 Å². The minimum absolute atomic E-state index is 0.153. The Hall–Kier alpha value is -2.15. The van der Waals surface area contributed by atoms with Crippen LogP contribution >= 0.6 is 11.8 Å². The maximum absolute atomic E-state index is 12.9. The number of carbonyl (C=O) groups is 1. The third kappa shape index (κ3) is 3.92. The summed E-state index contributed by atoms with van der Waals surface area (Å²) in [6.45, 7) is 1.85. The summed E-state index contributed by atoms with van der Waals surface area (Å²) < 4.78 is 12.9. The van der Waals surface area contributed by atoms with Crippen LogP contribution < -0.4 is 11.1 Å². The summed E-state index contributed by atoms with van der Waals surface area (Å²) >= 11 is 1.22. The zero-order valence-electron chi connectivity index (χ0n) is 10.8. The maximum atomic E-state index is 12.9. The average molecular weight is 292 g/mol. The first-order valence-corrected chi connectivity index (χ1v) is 6.80. The van der Waals surface area contributed by atoms with Gasteiger partial charge in [-0.3, -0.25) is 4.79 Å². The summed E-state index contributed by atoms with van der Waals surface area (Å²) in [5, 5.41) is 3.15. The number of nitrogens with two attached hydrogens (primary N) is 1. The first kappa shape index (κ1) is 14.3. The van der Waals surface area contributed by atoms with Crippen LogP contribution in [0.15, 0.2) is 35.6 Å². The van der Waals surface area contributed by atoms with Crippen molar-refractivity contribution < 1.29 is 9.18 Å². The molecule has 2 aromatic rings. The largest absolute Gasteiger partial charge is 0.397 e. The van der Waals surface area contributed by atoms with Gasteiger partial charge in [0.2, 0.25) is 5.91 Å². The highest BCUT2D eigenvalue weighted by molar-refractivity contribution is 7.99. The Morgan fingerprint density at radius 2 is 2.25 bits per heavy atom. The molecule has 0 bridgehead atoms. The van der Waals surface area contributed by atoms with E-state index in [2.05, 4.69) is 15.3 Å². The third-order valence-electron chi connectivity index (χ3n) is 2.39. The lowest BCUT2D eigenvalue weighted by Crippen LogP contribution is -2.15. The number of anilines is 2. The molecule has 0 fully saturated rings. The van der Waals surface area contributed by atoms with Gasteiger partial charge in [0, 0.05) is 11.9 Å². The van der Waals surface area contributed by atoms with Gasteiger partial charge in [-0.1, -0.05) is 11.8 Å². The van der Waals surface area contributed by atoms with E-state index in [0.717, 1.165) is 11.8 Å². The number of halogens is 1. The summed E-state index contributed by atoms with van der Waals surface area (Å²) in [6.07, 6.45) is 1.64. The Kier molecular flexibility index (Phi) is 4.52. The van der Waals surface area contributed by atoms with E-state index in [-0.39, 0.29) is 17.3 Å². The van der Waals surface area contributed by atoms with Gasteiger partial charge in [-0.15, -0.1) is 0 Å². The lowest BCUT2D eigenvalue weighted by molar-refractivity contribution is -0.113. The molecule has 0 saturated carbocycles. The van der Waals surface area contributed by atoms with Crippen molar-refractivity contribution >= 4 is 29.0 Å². The topological polar surface area (TPSA) is 80.9 Å². The predicted octanol–water partition coefficient (Wildman–Crippen LogP) is 2.24. The van der Waals surface area contributed by atoms with Gasteiger partial charge in [0.25, 0.3) is 0 Å². The van der Waals surface area contributed by atoms with Gasteiger partial charge in [-0.2, -0.15) is 0 Å². The molecule has 104 valence electrons. The molecule has 1 aromatic heterocycles. The fourth-order valence-electron chi connectivity index (χ4n) is 1.46. The molecule has 0 atom stereocenters. The molecule has 0 spiro atoms. The fourth-order valence-corrected chi connectivity index (χ4v) is 2.14. The number of hydrogen-bond acceptors (Lipinski definition) is 5. The van der Waals surface area contributed by atoms with Gasteiger partial charge < -0.3 is 11.1 Å². The van der Waals surface area contributed by atoms with Gasteiger partial charge >= 0.3 is 0 Å². The van der Waals surface area contributed by atoms with Crippen molar-refractivity contribution in [1.29, 1.82) is 0 Å². The smallest absolute Gasteiger partial charge is 0.234 e. The highest BCUT2D eigenvalue weighted by Gasteiger charge is 2.08. The van der Waals surface area contributed by atoms with E-state index in [9.17, 15) is 9.18 Å². The SMILES string of the molecule is Cc1ccnc(SCC(=O)Nc2ccc(F)cc2N)n1. The number of rotatable bonds is 4. The van der Waals surface area contributed by atoms with Crippen molar-refractivity contribution in [2.24, 2.45) is 0 Å². The van der Waals surface area contributed by atoms with Crippen LogP contribution in [-0.2, 0) is 4.79 Å². The molecule has 0 aliphatic heterocycles. The third-order valence-corrected chi connectivity index (χ3v) is 3.25. The van der Waals surface area contributed by atoms with E-state index in [0.29, 0.717) is 10.8 Å². The summed E-state index contributed by atoms with van der Waals surface area (Å²) in [5.41, 5.74) is 7.03. The number of hydrogen-bond donors (Lipinski definition) is 2. The number of nitrogens with zero attached hydrogens (tertiary/aromatic N) is 2. The van der Waals surface area contributed by atoms with Crippen molar-refractivity contribution in [2.75, 3.05) is 16.8 Å². The van der Waals surface area contributed by atoms with Gasteiger partial charge in [0.15, 0.2) is 5.16 Å². The van der Waals surface area contributed by atoms with Crippen molar-refractivity contribution in [2.45, 2.75) is 12.1 Å². The average Bonchev–Trinajstić information content (AvgIpc) is 2.40. The molecule has 0 radical (unpaired) electrons. The molecule has 0 aliphatic carbocycles. The minimum atomic E-state index is -0.442. The number of nitrogen functional groups attached to an aromatic ring is 1. The van der Waals surface area contributed by atoms with Crippen LogP contribution in [0, 0.1) is 12.7 Å². The zero-order chi connectivity index (χ0) is 14.5. The van der Waals surface area contributed by atoms with Crippen molar-refractivity contribution in [3.63, 3.8) is 0 Å². The van der Waals surface area contributed by atoms with E-state index in [1.165, 1.54) is 23.9 Å². The van der Waals surface area contributed by atoms with Crippen molar-refractivity contribution in [3.05, 3.63) is 42.0 Å². The van der Waals surface area contributed by atoms with Crippen LogP contribution in [0.1, 0.15) is 5.69 Å². The molecule has 7 heteroatoms. The molecule has 0 aliphatic rings. The molecule has 1 heterocycles. The van der Waals surface area contributed by atoms with Crippen molar-refractivity contribution in [1.82, 2.24) is 9.97 Å². The highest BCUT2D eigenvalue weighted by atomic mass is 32.2. The standard InChI is InChI=1S/C13H13FN4OS/c1-8-4-5-16-13(17-8)20-7-12(19)18-11-3-2-9(14)6-10(11)15/h2-6H,7,15H2,1H3,(H,18,19). The normalized spacial score (nSPS) is 10.3. The second-order valence-corrected chi connectivity index (χ2v) is 4.99. The lowest BCUT2D eigenvalue weighted by Gasteiger charge is -2.07. The maximum Gasteiger partial charge on any atom is 0.234 e. The Bertz CT molecular complexity index is 636. The predicted molar refractivity (Wildman–Crippen MR) is 76.9 cm³/mol. The first-order chi connectivity index (χ1) is 9.54. The summed E-state index contributed by atoms with van der Waals surface area (Å²) in [4.78, 5) is 20.0. The van der Waals surface area contributed by atoms with Gasteiger partial charge in [-0.25, -0.2) is 14.4 Å². The highest BCUT2D eigenvalue weighted by Crippen LogP contribution is 2.20. The number of amides is 1. The fraction of sp³-hybridized carbons (Fsp3) is 0.154. The molecule has 3 N–H and O–H groups in total. The van der Waals surface area contributed by atoms with E-state index in [4.69, 9.17) is 5.73 Å². The van der Waals surface area contributed by atoms with E-state index < -0.39 is 5.82 Å². The Balaban J connectivity index is 1.92. The number of aromatic nitrogens is 2. The van der Waals surface area contributed by atoms with Crippen molar-refractivity contribution in [3.8, 4) is 0 Å². The first-order valence-electron chi connectivity index (χ1n) is 5.82. The van der Waals surface area contributed by atoms with E-state index >= 15 is 0 Å². The molecule has 0 saturated heterocycles. The molecule has 2 rings (SSSR count). The Labute approximate surface area is 119 Å². The Morgan fingerprint density at radius 3 is 2.95 bits per heavy atom. The monoisotopic (exact) mass is 292 g/mol. The van der Waals surface area contributed by atoms with E-state index in [1.807, 2.05) is 6.92 Å². The van der Waals surface area contributed by atoms with Crippen LogP contribution in [0.5, 0.6) is 0 Å². The summed E-state index contributed by atoms with van der Waals surface area (Å²) in [5.74, 6) is -0.540. The van der Waals surface area contributed by atoms with Crippen LogP contribution in [0.4, 0.5) is 15.8 Å². The summed E-state index contributed by atoms with van der Waals surface area (Å²) in [6, 6.07) is 5.61. The van der Waals surface area contributed by atoms with Crippen LogP contribution in [-0.4, -0.2) is 21.6 Å². The lowest BCUT2D eigenvalue weighted by atomic mass is 10.2. The molecule has 0 unspecified atom stereocenters.